The van der Waals surface area contributed by atoms with Crippen molar-refractivity contribution < 1.29 is 14.2 Å². The topological polar surface area (TPSA) is 59.3 Å². The van der Waals surface area contributed by atoms with E-state index in [1.165, 1.54) is 12.1 Å². The third kappa shape index (κ3) is 5.79. The zero-order chi connectivity index (χ0) is 20.1. The van der Waals surface area contributed by atoms with Crippen molar-refractivity contribution in [1.82, 2.24) is 14.9 Å². The number of hydrogen-bond acceptors (Lipinski definition) is 4. The average molecular weight is 420 g/mol. The van der Waals surface area contributed by atoms with Gasteiger partial charge in [-0.25, -0.2) is 9.37 Å². The highest BCUT2D eigenvalue weighted by atomic mass is 35.5. The number of imidazole rings is 1. The smallest absolute Gasteiger partial charge is 0.130 e. The van der Waals surface area contributed by atoms with Gasteiger partial charge in [-0.05, 0) is 48.7 Å². The summed E-state index contributed by atoms with van der Waals surface area (Å²) in [7, 11) is 1.89. The highest BCUT2D eigenvalue weighted by Crippen LogP contribution is 2.22. The third-order valence-electron chi connectivity index (χ3n) is 4.84. The summed E-state index contributed by atoms with van der Waals surface area (Å²) >= 11 is 0. The molecule has 2 atom stereocenters. The SMILES string of the molecule is Cc1cccc(OCC(O)CNC(c2cccc(F)c2)c2nccn2C)c1C.Cl. The molecule has 3 aromatic rings. The first-order valence-corrected chi connectivity index (χ1v) is 9.29. The van der Waals surface area contributed by atoms with Gasteiger partial charge < -0.3 is 19.7 Å². The second-order valence-electron chi connectivity index (χ2n) is 6.96. The molecule has 0 radical (unpaired) electrons. The molecule has 0 aliphatic carbocycles. The summed E-state index contributed by atoms with van der Waals surface area (Å²) in [5.41, 5.74) is 2.95. The van der Waals surface area contributed by atoms with Gasteiger partial charge in [0, 0.05) is 26.0 Å². The zero-order valence-electron chi connectivity index (χ0n) is 16.8. The Bertz CT molecular complexity index is 932. The number of hydrogen-bond donors (Lipinski definition) is 2. The lowest BCUT2D eigenvalue weighted by molar-refractivity contribution is 0.104. The quantitative estimate of drug-likeness (QED) is 0.584. The fourth-order valence-corrected chi connectivity index (χ4v) is 3.08. The number of nitrogens with one attached hydrogen (secondary N) is 1. The number of ether oxygens (including phenoxy) is 1. The molecule has 0 amide bonds. The standard InChI is InChI=1S/C22H26FN3O2.ClH/c1-15-6-4-9-20(16(15)2)28-14-19(27)13-25-21(22-24-10-11-26(22)3)17-7-5-8-18(23)12-17;/h4-12,19,21,25,27H,13-14H2,1-3H3;1H. The van der Waals surface area contributed by atoms with E-state index in [-0.39, 0.29) is 37.4 Å². The number of aliphatic hydroxyl groups is 1. The van der Waals surface area contributed by atoms with Crippen LogP contribution in [0.25, 0.3) is 0 Å². The molecule has 156 valence electrons. The average Bonchev–Trinajstić information content (AvgIpc) is 3.09. The van der Waals surface area contributed by atoms with E-state index in [1.54, 1.807) is 12.3 Å². The van der Waals surface area contributed by atoms with Crippen molar-refractivity contribution in [1.29, 1.82) is 0 Å². The molecule has 7 heteroatoms. The maximum absolute atomic E-state index is 13.7. The van der Waals surface area contributed by atoms with Crippen molar-refractivity contribution in [2.75, 3.05) is 13.2 Å². The lowest BCUT2D eigenvalue weighted by Crippen LogP contribution is -2.35. The summed E-state index contributed by atoms with van der Waals surface area (Å²) in [6.45, 7) is 4.46. The maximum atomic E-state index is 13.7. The molecule has 0 aliphatic rings. The number of aromatic nitrogens is 2. The number of nitrogens with zero attached hydrogens (tertiary/aromatic N) is 2. The van der Waals surface area contributed by atoms with Gasteiger partial charge in [0.2, 0.25) is 0 Å². The summed E-state index contributed by atoms with van der Waals surface area (Å²) in [6.07, 6.45) is 2.81. The van der Waals surface area contributed by atoms with Crippen LogP contribution in [0, 0.1) is 19.7 Å². The van der Waals surface area contributed by atoms with Crippen LogP contribution < -0.4 is 10.1 Å². The number of aliphatic hydroxyl groups excluding tert-OH is 1. The molecule has 2 N–H and O–H groups in total. The van der Waals surface area contributed by atoms with Crippen molar-refractivity contribution >= 4 is 12.4 Å². The molecule has 0 spiro atoms. The van der Waals surface area contributed by atoms with Gasteiger partial charge >= 0.3 is 0 Å². The molecule has 1 heterocycles. The molecule has 2 unspecified atom stereocenters. The van der Waals surface area contributed by atoms with Gasteiger partial charge in [0.15, 0.2) is 0 Å². The van der Waals surface area contributed by atoms with Crippen molar-refractivity contribution in [3.05, 3.63) is 83.2 Å². The first kappa shape index (κ1) is 22.9. The van der Waals surface area contributed by atoms with Gasteiger partial charge in [0.05, 0.1) is 6.04 Å². The van der Waals surface area contributed by atoms with E-state index < -0.39 is 6.10 Å². The van der Waals surface area contributed by atoms with Crippen molar-refractivity contribution in [3.63, 3.8) is 0 Å². The third-order valence-corrected chi connectivity index (χ3v) is 4.84. The Morgan fingerprint density at radius 1 is 1.21 bits per heavy atom. The predicted molar refractivity (Wildman–Crippen MR) is 114 cm³/mol. The van der Waals surface area contributed by atoms with Crippen LogP contribution >= 0.6 is 12.4 Å². The molecular formula is C22H27ClFN3O2. The Morgan fingerprint density at radius 3 is 2.66 bits per heavy atom. The number of aryl methyl sites for hydroxylation is 2. The van der Waals surface area contributed by atoms with Gasteiger partial charge in [-0.15, -0.1) is 12.4 Å². The van der Waals surface area contributed by atoms with Crippen LogP contribution in [-0.4, -0.2) is 33.9 Å². The highest BCUT2D eigenvalue weighted by Gasteiger charge is 2.20. The van der Waals surface area contributed by atoms with Crippen LogP contribution in [0.3, 0.4) is 0 Å². The van der Waals surface area contributed by atoms with Crippen LogP contribution in [0.1, 0.15) is 28.6 Å². The lowest BCUT2D eigenvalue weighted by atomic mass is 10.1. The molecule has 0 bridgehead atoms. The number of rotatable bonds is 8. The Morgan fingerprint density at radius 2 is 1.97 bits per heavy atom. The van der Waals surface area contributed by atoms with E-state index in [0.717, 1.165) is 28.3 Å². The van der Waals surface area contributed by atoms with Gasteiger partial charge in [-0.3, -0.25) is 0 Å². The minimum Gasteiger partial charge on any atom is -0.491 e. The van der Waals surface area contributed by atoms with Crippen LogP contribution in [0.15, 0.2) is 54.9 Å². The van der Waals surface area contributed by atoms with E-state index in [1.807, 2.05) is 55.9 Å². The minimum absolute atomic E-state index is 0. The Labute approximate surface area is 177 Å². The highest BCUT2D eigenvalue weighted by molar-refractivity contribution is 5.85. The molecule has 0 saturated heterocycles. The normalized spacial score (nSPS) is 12.9. The van der Waals surface area contributed by atoms with Gasteiger partial charge in [0.1, 0.15) is 30.1 Å². The first-order chi connectivity index (χ1) is 13.5. The van der Waals surface area contributed by atoms with Crippen molar-refractivity contribution in [3.8, 4) is 5.75 Å². The van der Waals surface area contributed by atoms with Crippen molar-refractivity contribution in [2.24, 2.45) is 7.05 Å². The molecule has 29 heavy (non-hydrogen) atoms. The molecular weight excluding hydrogens is 393 g/mol. The number of benzene rings is 2. The second-order valence-corrected chi connectivity index (χ2v) is 6.96. The van der Waals surface area contributed by atoms with Gasteiger partial charge in [-0.2, -0.15) is 0 Å². The largest absolute Gasteiger partial charge is 0.491 e. The van der Waals surface area contributed by atoms with E-state index in [9.17, 15) is 9.50 Å². The fourth-order valence-electron chi connectivity index (χ4n) is 3.08. The molecule has 0 saturated carbocycles. The molecule has 2 aromatic carbocycles. The van der Waals surface area contributed by atoms with Crippen LogP contribution in [0.5, 0.6) is 5.75 Å². The fraction of sp³-hybridized carbons (Fsp3) is 0.318. The minimum atomic E-state index is -0.726. The van der Waals surface area contributed by atoms with Crippen LogP contribution in [0.4, 0.5) is 4.39 Å². The van der Waals surface area contributed by atoms with E-state index >= 15 is 0 Å². The summed E-state index contributed by atoms with van der Waals surface area (Å²) in [6, 6.07) is 11.9. The molecule has 5 nitrogen and oxygen atoms in total. The van der Waals surface area contributed by atoms with E-state index in [0.29, 0.717) is 0 Å². The maximum Gasteiger partial charge on any atom is 0.130 e. The molecule has 3 rings (SSSR count). The summed E-state index contributed by atoms with van der Waals surface area (Å²) in [5.74, 6) is 1.20. The van der Waals surface area contributed by atoms with Crippen LogP contribution in [-0.2, 0) is 7.05 Å². The van der Waals surface area contributed by atoms with Gasteiger partial charge in [-0.1, -0.05) is 24.3 Å². The summed E-state index contributed by atoms with van der Waals surface area (Å²) in [4.78, 5) is 4.38. The summed E-state index contributed by atoms with van der Waals surface area (Å²) < 4.78 is 21.4. The monoisotopic (exact) mass is 419 g/mol. The number of halogens is 2. The first-order valence-electron chi connectivity index (χ1n) is 9.29. The Kier molecular flexibility index (Phi) is 8.20. The van der Waals surface area contributed by atoms with Gasteiger partial charge in [0.25, 0.3) is 0 Å². The van der Waals surface area contributed by atoms with Crippen LogP contribution in [0.2, 0.25) is 0 Å². The second kappa shape index (κ2) is 10.4. The lowest BCUT2D eigenvalue weighted by Gasteiger charge is -2.22. The molecule has 1 aromatic heterocycles. The summed E-state index contributed by atoms with van der Waals surface area (Å²) in [5, 5.41) is 13.7. The van der Waals surface area contributed by atoms with E-state index in [2.05, 4.69) is 10.3 Å². The Balaban J connectivity index is 0.00000300. The van der Waals surface area contributed by atoms with E-state index in [4.69, 9.17) is 4.74 Å². The van der Waals surface area contributed by atoms with Crippen molar-refractivity contribution in [2.45, 2.75) is 26.0 Å². The Hall–Kier alpha value is -2.41. The molecule has 0 fully saturated rings. The zero-order valence-corrected chi connectivity index (χ0v) is 17.6. The molecule has 0 aliphatic heterocycles. The predicted octanol–water partition coefficient (Wildman–Crippen LogP) is 3.72.